The minimum atomic E-state index is -0.958. The Bertz CT molecular complexity index is 711. The van der Waals surface area contributed by atoms with Gasteiger partial charge >= 0.3 is 12.0 Å². The van der Waals surface area contributed by atoms with E-state index in [-0.39, 0.29) is 17.6 Å². The summed E-state index contributed by atoms with van der Waals surface area (Å²) in [6, 6.07) is 15.8. The molecule has 0 saturated heterocycles. The van der Waals surface area contributed by atoms with Crippen molar-refractivity contribution in [3.05, 3.63) is 65.7 Å². The smallest absolute Gasteiger partial charge is 0.335 e. The molecule has 0 aliphatic carbocycles. The summed E-state index contributed by atoms with van der Waals surface area (Å²) in [5, 5.41) is 11.9. The van der Waals surface area contributed by atoms with E-state index in [9.17, 15) is 9.59 Å². The number of hydrogen-bond acceptors (Lipinski definition) is 2. The summed E-state index contributed by atoms with van der Waals surface area (Å²) < 4.78 is 0. The molecule has 2 rings (SSSR count). The number of para-hydroxylation sites is 1. The number of carbonyl (C=O) groups is 2. The molecule has 5 nitrogen and oxygen atoms in total. The molecule has 0 heterocycles. The Morgan fingerprint density at radius 3 is 2.12 bits per heavy atom. The summed E-state index contributed by atoms with van der Waals surface area (Å²) in [5.74, 6) is -0.666. The first kappa shape index (κ1) is 18.5. The van der Waals surface area contributed by atoms with Gasteiger partial charge in [0.1, 0.15) is 0 Å². The molecular formula is C20H24N2O3. The van der Waals surface area contributed by atoms with E-state index in [1.165, 1.54) is 0 Å². The lowest BCUT2D eigenvalue weighted by molar-refractivity contribution is 0.0696. The van der Waals surface area contributed by atoms with Gasteiger partial charge in [-0.15, -0.1) is 0 Å². The standard InChI is InChI=1S/C20H24N2O3/c1-14(2)15(3)22(20(25)21-18-7-5-4-6-8-18)13-16-9-11-17(12-10-16)19(23)24/h4-12,14-15H,13H2,1-3H3,(H,21,25)(H,23,24). The Labute approximate surface area is 148 Å². The number of carbonyl (C=O) groups excluding carboxylic acids is 1. The van der Waals surface area contributed by atoms with Crippen molar-refractivity contribution in [1.29, 1.82) is 0 Å². The number of anilines is 1. The van der Waals surface area contributed by atoms with E-state index >= 15 is 0 Å². The zero-order chi connectivity index (χ0) is 18.4. The van der Waals surface area contributed by atoms with Gasteiger partial charge in [-0.05, 0) is 42.7 Å². The van der Waals surface area contributed by atoms with Crippen LogP contribution in [0.15, 0.2) is 54.6 Å². The molecule has 0 aliphatic heterocycles. The second-order valence-corrected chi connectivity index (χ2v) is 6.41. The summed E-state index contributed by atoms with van der Waals surface area (Å²) >= 11 is 0. The second kappa shape index (κ2) is 8.33. The SMILES string of the molecule is CC(C)C(C)N(Cc1ccc(C(=O)O)cc1)C(=O)Nc1ccccc1. The van der Waals surface area contributed by atoms with Gasteiger partial charge in [0.25, 0.3) is 0 Å². The highest BCUT2D eigenvalue weighted by molar-refractivity contribution is 5.89. The number of amides is 2. The Hall–Kier alpha value is -2.82. The largest absolute Gasteiger partial charge is 0.478 e. The lowest BCUT2D eigenvalue weighted by Gasteiger charge is -2.32. The van der Waals surface area contributed by atoms with Crippen LogP contribution in [0.5, 0.6) is 0 Å². The number of aromatic carboxylic acids is 1. The minimum Gasteiger partial charge on any atom is -0.478 e. The van der Waals surface area contributed by atoms with Crippen LogP contribution in [0.25, 0.3) is 0 Å². The van der Waals surface area contributed by atoms with E-state index < -0.39 is 5.97 Å². The molecule has 2 aromatic carbocycles. The Balaban J connectivity index is 2.17. The topological polar surface area (TPSA) is 69.6 Å². The predicted octanol–water partition coefficient (Wildman–Crippen LogP) is 4.46. The van der Waals surface area contributed by atoms with E-state index in [2.05, 4.69) is 19.2 Å². The van der Waals surface area contributed by atoms with E-state index in [4.69, 9.17) is 5.11 Å². The fourth-order valence-corrected chi connectivity index (χ4v) is 2.43. The van der Waals surface area contributed by atoms with Gasteiger partial charge in [-0.3, -0.25) is 0 Å². The first-order valence-electron chi connectivity index (χ1n) is 8.33. The summed E-state index contributed by atoms with van der Waals surface area (Å²) in [6.07, 6.45) is 0. The second-order valence-electron chi connectivity index (χ2n) is 6.41. The fraction of sp³-hybridized carbons (Fsp3) is 0.300. The molecule has 1 atom stereocenters. The number of urea groups is 1. The summed E-state index contributed by atoms with van der Waals surface area (Å²) in [7, 11) is 0. The Kier molecular flexibility index (Phi) is 6.17. The summed E-state index contributed by atoms with van der Waals surface area (Å²) in [6.45, 7) is 6.57. The number of nitrogens with one attached hydrogen (secondary N) is 1. The number of carboxylic acid groups (broad SMARTS) is 1. The summed E-state index contributed by atoms with van der Waals surface area (Å²) in [5.41, 5.74) is 1.87. The number of carboxylic acids is 1. The quantitative estimate of drug-likeness (QED) is 0.815. The molecule has 0 radical (unpaired) electrons. The monoisotopic (exact) mass is 340 g/mol. The molecule has 0 aromatic heterocycles. The van der Waals surface area contributed by atoms with Gasteiger partial charge < -0.3 is 15.3 Å². The van der Waals surface area contributed by atoms with E-state index in [0.29, 0.717) is 12.5 Å². The minimum absolute atomic E-state index is 0.0304. The van der Waals surface area contributed by atoms with Crippen LogP contribution in [0, 0.1) is 5.92 Å². The molecule has 0 bridgehead atoms. The average molecular weight is 340 g/mol. The predicted molar refractivity (Wildman–Crippen MR) is 98.7 cm³/mol. The molecule has 2 amide bonds. The number of benzene rings is 2. The maximum absolute atomic E-state index is 12.8. The first-order chi connectivity index (χ1) is 11.9. The Morgan fingerprint density at radius 2 is 1.60 bits per heavy atom. The molecule has 0 fully saturated rings. The first-order valence-corrected chi connectivity index (χ1v) is 8.33. The van der Waals surface area contributed by atoms with Crippen LogP contribution in [-0.4, -0.2) is 28.0 Å². The van der Waals surface area contributed by atoms with E-state index in [0.717, 1.165) is 11.3 Å². The third-order valence-corrected chi connectivity index (χ3v) is 4.30. The fourth-order valence-electron chi connectivity index (χ4n) is 2.43. The van der Waals surface area contributed by atoms with Gasteiger partial charge in [-0.1, -0.05) is 44.2 Å². The van der Waals surface area contributed by atoms with E-state index in [1.54, 1.807) is 29.2 Å². The lowest BCUT2D eigenvalue weighted by atomic mass is 10.0. The van der Waals surface area contributed by atoms with Gasteiger partial charge in [0.2, 0.25) is 0 Å². The molecule has 5 heteroatoms. The number of nitrogens with zero attached hydrogens (tertiary/aromatic N) is 1. The van der Waals surface area contributed by atoms with Crippen molar-refractivity contribution in [2.75, 3.05) is 5.32 Å². The molecule has 0 aliphatic rings. The van der Waals surface area contributed by atoms with Gasteiger partial charge in [-0.2, -0.15) is 0 Å². The van der Waals surface area contributed by atoms with Crippen molar-refractivity contribution in [1.82, 2.24) is 4.90 Å². The average Bonchev–Trinajstić information content (AvgIpc) is 2.60. The third-order valence-electron chi connectivity index (χ3n) is 4.30. The molecule has 132 valence electrons. The molecule has 0 spiro atoms. The van der Waals surface area contributed by atoms with Gasteiger partial charge in [-0.25, -0.2) is 9.59 Å². The highest BCUT2D eigenvalue weighted by atomic mass is 16.4. The zero-order valence-electron chi connectivity index (χ0n) is 14.8. The van der Waals surface area contributed by atoms with Crippen molar-refractivity contribution >= 4 is 17.7 Å². The van der Waals surface area contributed by atoms with Gasteiger partial charge in [0.15, 0.2) is 0 Å². The van der Waals surface area contributed by atoms with Crippen LogP contribution in [0.3, 0.4) is 0 Å². The lowest BCUT2D eigenvalue weighted by Crippen LogP contribution is -2.43. The molecule has 2 aromatic rings. The highest BCUT2D eigenvalue weighted by Gasteiger charge is 2.23. The maximum atomic E-state index is 12.8. The Morgan fingerprint density at radius 1 is 1.00 bits per heavy atom. The summed E-state index contributed by atoms with van der Waals surface area (Å²) in [4.78, 5) is 25.5. The van der Waals surface area contributed by atoms with Crippen LogP contribution in [-0.2, 0) is 6.54 Å². The third kappa shape index (κ3) is 5.08. The number of hydrogen-bond donors (Lipinski definition) is 2. The number of rotatable bonds is 6. The molecule has 0 saturated carbocycles. The van der Waals surface area contributed by atoms with Crippen LogP contribution >= 0.6 is 0 Å². The maximum Gasteiger partial charge on any atom is 0.335 e. The highest BCUT2D eigenvalue weighted by Crippen LogP contribution is 2.17. The van der Waals surface area contributed by atoms with Crippen LogP contribution in [0.4, 0.5) is 10.5 Å². The molecule has 25 heavy (non-hydrogen) atoms. The van der Waals surface area contributed by atoms with Crippen molar-refractivity contribution < 1.29 is 14.7 Å². The van der Waals surface area contributed by atoms with Gasteiger partial charge in [0, 0.05) is 18.3 Å². The molecule has 1 unspecified atom stereocenters. The molecule has 2 N–H and O–H groups in total. The zero-order valence-corrected chi connectivity index (χ0v) is 14.8. The van der Waals surface area contributed by atoms with Crippen molar-refractivity contribution in [3.63, 3.8) is 0 Å². The van der Waals surface area contributed by atoms with Crippen molar-refractivity contribution in [3.8, 4) is 0 Å². The van der Waals surface area contributed by atoms with Crippen LogP contribution < -0.4 is 5.32 Å². The molecular weight excluding hydrogens is 316 g/mol. The van der Waals surface area contributed by atoms with Crippen LogP contribution in [0.1, 0.15) is 36.7 Å². The normalized spacial score (nSPS) is 11.8. The van der Waals surface area contributed by atoms with Crippen molar-refractivity contribution in [2.24, 2.45) is 5.92 Å². The van der Waals surface area contributed by atoms with Crippen molar-refractivity contribution in [2.45, 2.75) is 33.4 Å². The van der Waals surface area contributed by atoms with Crippen LogP contribution in [0.2, 0.25) is 0 Å². The van der Waals surface area contributed by atoms with Gasteiger partial charge in [0.05, 0.1) is 5.56 Å². The van der Waals surface area contributed by atoms with E-state index in [1.807, 2.05) is 37.3 Å².